The SMILES string of the molecule is CC(c1ccccn1)N(c1ccccc1)S(=O)(=O)c1ccc(CCCl)cc1. The Balaban J connectivity index is 2.06. The topological polar surface area (TPSA) is 50.3 Å². The predicted octanol–water partition coefficient (Wildman–Crippen LogP) is 4.82. The second-order valence-electron chi connectivity index (χ2n) is 6.15. The van der Waals surface area contributed by atoms with Crippen molar-refractivity contribution < 1.29 is 8.42 Å². The highest BCUT2D eigenvalue weighted by atomic mass is 35.5. The normalized spacial score (nSPS) is 12.5. The van der Waals surface area contributed by atoms with Crippen LogP contribution in [0.3, 0.4) is 0 Å². The fourth-order valence-corrected chi connectivity index (χ4v) is 4.79. The fraction of sp³-hybridized carbons (Fsp3) is 0.190. The number of sulfonamides is 1. The van der Waals surface area contributed by atoms with E-state index in [1.165, 1.54) is 4.31 Å². The number of alkyl halides is 1. The smallest absolute Gasteiger partial charge is 0.259 e. The van der Waals surface area contributed by atoms with Crippen LogP contribution in [0.15, 0.2) is 83.9 Å². The average Bonchev–Trinajstić information content (AvgIpc) is 2.70. The van der Waals surface area contributed by atoms with Crippen LogP contribution < -0.4 is 4.31 Å². The molecule has 3 rings (SSSR count). The van der Waals surface area contributed by atoms with E-state index in [1.807, 2.05) is 55.5 Å². The third-order valence-electron chi connectivity index (χ3n) is 4.34. The zero-order valence-corrected chi connectivity index (χ0v) is 16.6. The maximum absolute atomic E-state index is 13.5. The minimum atomic E-state index is -3.77. The van der Waals surface area contributed by atoms with E-state index in [1.54, 1.807) is 30.5 Å². The summed E-state index contributed by atoms with van der Waals surface area (Å²) in [7, 11) is -3.77. The van der Waals surface area contributed by atoms with Gasteiger partial charge in [-0.25, -0.2) is 8.42 Å². The molecule has 0 bridgehead atoms. The summed E-state index contributed by atoms with van der Waals surface area (Å²) in [5.74, 6) is 0.499. The molecule has 0 saturated heterocycles. The van der Waals surface area contributed by atoms with Gasteiger partial charge < -0.3 is 0 Å². The van der Waals surface area contributed by atoms with Gasteiger partial charge in [0.05, 0.1) is 22.3 Å². The molecule has 0 N–H and O–H groups in total. The summed E-state index contributed by atoms with van der Waals surface area (Å²) in [6, 6.07) is 21.0. The number of aromatic nitrogens is 1. The molecule has 0 aliphatic rings. The van der Waals surface area contributed by atoms with Crippen molar-refractivity contribution in [1.82, 2.24) is 4.98 Å². The minimum absolute atomic E-state index is 0.243. The van der Waals surface area contributed by atoms with E-state index >= 15 is 0 Å². The van der Waals surface area contributed by atoms with Crippen molar-refractivity contribution in [1.29, 1.82) is 0 Å². The lowest BCUT2D eigenvalue weighted by atomic mass is 10.2. The minimum Gasteiger partial charge on any atom is -0.259 e. The van der Waals surface area contributed by atoms with Crippen LogP contribution in [0.1, 0.15) is 24.2 Å². The molecule has 1 aromatic heterocycles. The van der Waals surface area contributed by atoms with E-state index < -0.39 is 16.1 Å². The van der Waals surface area contributed by atoms with Gasteiger partial charge in [0.15, 0.2) is 0 Å². The number of rotatable bonds is 7. The molecule has 2 aromatic carbocycles. The molecule has 0 aliphatic carbocycles. The van der Waals surface area contributed by atoms with E-state index in [4.69, 9.17) is 11.6 Å². The number of pyridine rings is 1. The highest BCUT2D eigenvalue weighted by molar-refractivity contribution is 7.92. The van der Waals surface area contributed by atoms with Gasteiger partial charge in [0.2, 0.25) is 0 Å². The van der Waals surface area contributed by atoms with Gasteiger partial charge in [0.25, 0.3) is 10.0 Å². The average molecular weight is 401 g/mol. The number of para-hydroxylation sites is 1. The molecule has 0 fully saturated rings. The predicted molar refractivity (Wildman–Crippen MR) is 110 cm³/mol. The molecule has 0 amide bonds. The first-order valence-electron chi connectivity index (χ1n) is 8.69. The van der Waals surface area contributed by atoms with Gasteiger partial charge in [-0.3, -0.25) is 9.29 Å². The summed E-state index contributed by atoms with van der Waals surface area (Å²) in [4.78, 5) is 4.59. The molecule has 0 radical (unpaired) electrons. The van der Waals surface area contributed by atoms with E-state index in [-0.39, 0.29) is 4.90 Å². The number of benzene rings is 2. The van der Waals surface area contributed by atoms with E-state index in [2.05, 4.69) is 4.98 Å². The third-order valence-corrected chi connectivity index (χ3v) is 6.44. The highest BCUT2D eigenvalue weighted by Crippen LogP contribution is 2.32. The summed E-state index contributed by atoms with van der Waals surface area (Å²) in [5, 5.41) is 0. The van der Waals surface area contributed by atoms with Crippen LogP contribution in [0.2, 0.25) is 0 Å². The summed E-state index contributed by atoms with van der Waals surface area (Å²) < 4.78 is 28.4. The summed E-state index contributed by atoms with van der Waals surface area (Å²) in [5.41, 5.74) is 2.29. The monoisotopic (exact) mass is 400 g/mol. The quantitative estimate of drug-likeness (QED) is 0.534. The number of anilines is 1. The summed E-state index contributed by atoms with van der Waals surface area (Å²) in [6.07, 6.45) is 2.37. The molecular weight excluding hydrogens is 380 g/mol. The lowest BCUT2D eigenvalue weighted by Crippen LogP contribution is -2.34. The number of hydrogen-bond donors (Lipinski definition) is 0. The van der Waals surface area contributed by atoms with E-state index in [9.17, 15) is 8.42 Å². The Kier molecular flexibility index (Phi) is 6.14. The molecule has 1 unspecified atom stereocenters. The Hall–Kier alpha value is -2.37. The van der Waals surface area contributed by atoms with E-state index in [0.29, 0.717) is 23.7 Å². The van der Waals surface area contributed by atoms with Crippen LogP contribution in [0.5, 0.6) is 0 Å². The van der Waals surface area contributed by atoms with Gasteiger partial charge in [-0.1, -0.05) is 36.4 Å². The second-order valence-corrected chi connectivity index (χ2v) is 8.34. The Morgan fingerprint density at radius 2 is 1.63 bits per heavy atom. The molecule has 1 heterocycles. The van der Waals surface area contributed by atoms with Crippen molar-refractivity contribution in [2.75, 3.05) is 10.2 Å². The number of aryl methyl sites for hydroxylation is 1. The first-order valence-corrected chi connectivity index (χ1v) is 10.7. The van der Waals surface area contributed by atoms with Crippen molar-refractivity contribution in [2.45, 2.75) is 24.3 Å². The van der Waals surface area contributed by atoms with Crippen molar-refractivity contribution in [2.24, 2.45) is 0 Å². The molecule has 4 nitrogen and oxygen atoms in total. The molecule has 27 heavy (non-hydrogen) atoms. The lowest BCUT2D eigenvalue weighted by molar-refractivity contribution is 0.581. The largest absolute Gasteiger partial charge is 0.264 e. The fourth-order valence-electron chi connectivity index (χ4n) is 2.94. The first-order chi connectivity index (χ1) is 13.0. The van der Waals surface area contributed by atoms with Gasteiger partial charge in [-0.05, 0) is 55.3 Å². The van der Waals surface area contributed by atoms with Crippen molar-refractivity contribution in [3.8, 4) is 0 Å². The standard InChI is InChI=1S/C21H21ClN2O2S/c1-17(21-9-5-6-16-23-21)24(19-7-3-2-4-8-19)27(25,26)20-12-10-18(11-13-20)14-15-22/h2-13,16-17H,14-15H2,1H3. The van der Waals surface area contributed by atoms with Crippen LogP contribution in [0.4, 0.5) is 5.69 Å². The van der Waals surface area contributed by atoms with Crippen LogP contribution in [0.25, 0.3) is 0 Å². The van der Waals surface area contributed by atoms with Gasteiger partial charge >= 0.3 is 0 Å². The van der Waals surface area contributed by atoms with Gasteiger partial charge in [0.1, 0.15) is 0 Å². The number of nitrogens with zero attached hydrogens (tertiary/aromatic N) is 2. The molecule has 0 saturated carbocycles. The van der Waals surface area contributed by atoms with Gasteiger partial charge in [0, 0.05) is 12.1 Å². The van der Waals surface area contributed by atoms with Crippen LogP contribution in [-0.4, -0.2) is 19.3 Å². The van der Waals surface area contributed by atoms with Crippen LogP contribution in [0, 0.1) is 0 Å². The van der Waals surface area contributed by atoms with E-state index in [0.717, 1.165) is 5.56 Å². The zero-order valence-electron chi connectivity index (χ0n) is 15.0. The second kappa shape index (κ2) is 8.55. The highest BCUT2D eigenvalue weighted by Gasteiger charge is 2.30. The van der Waals surface area contributed by atoms with Crippen molar-refractivity contribution in [3.63, 3.8) is 0 Å². The molecule has 6 heteroatoms. The zero-order chi connectivity index (χ0) is 19.3. The summed E-state index contributed by atoms with van der Waals surface area (Å²) in [6.45, 7) is 1.84. The Morgan fingerprint density at radius 3 is 2.22 bits per heavy atom. The van der Waals surface area contributed by atoms with Crippen molar-refractivity contribution in [3.05, 3.63) is 90.3 Å². The number of halogens is 1. The molecular formula is C21H21ClN2O2S. The van der Waals surface area contributed by atoms with Crippen LogP contribution in [-0.2, 0) is 16.4 Å². The molecule has 140 valence electrons. The maximum atomic E-state index is 13.5. The third kappa shape index (κ3) is 4.31. The molecule has 1 atom stereocenters. The Bertz CT molecular complexity index is 962. The maximum Gasteiger partial charge on any atom is 0.264 e. The Morgan fingerprint density at radius 1 is 0.963 bits per heavy atom. The summed E-state index contributed by atoms with van der Waals surface area (Å²) >= 11 is 5.77. The van der Waals surface area contributed by atoms with Gasteiger partial charge in [-0.15, -0.1) is 11.6 Å². The first kappa shape index (κ1) is 19.4. The van der Waals surface area contributed by atoms with Crippen LogP contribution >= 0.6 is 11.6 Å². The molecule has 0 spiro atoms. The van der Waals surface area contributed by atoms with Crippen molar-refractivity contribution >= 4 is 27.3 Å². The Labute approximate surface area is 165 Å². The number of hydrogen-bond acceptors (Lipinski definition) is 3. The molecule has 3 aromatic rings. The lowest BCUT2D eigenvalue weighted by Gasteiger charge is -2.30. The molecule has 0 aliphatic heterocycles. The van der Waals surface area contributed by atoms with Gasteiger partial charge in [-0.2, -0.15) is 0 Å².